The number of nitrogens with zero attached hydrogens (tertiary/aromatic N) is 3. The minimum atomic E-state index is 0.478. The molecule has 6 heteroatoms. The molecule has 0 aromatic carbocycles. The molecule has 0 saturated heterocycles. The van der Waals surface area contributed by atoms with Crippen molar-refractivity contribution in [2.45, 2.75) is 19.3 Å². The minimum Gasteiger partial charge on any atom is -0.319 e. The lowest BCUT2D eigenvalue weighted by Gasteiger charge is -2.23. The number of hydrogen-bond donors (Lipinski definition) is 1. The molecule has 0 spiro atoms. The van der Waals surface area contributed by atoms with E-state index in [1.807, 2.05) is 13.2 Å². The molecule has 110 valence electrons. The standard InChI is InChI=1S/C15H16Cl2N4/c1-18-6-9-2-3-13-10(4-9)7-20-15(21-13)14-12(17)5-11(16)8-19-14/h5,7-9,18H,2-4,6H2,1H3. The SMILES string of the molecule is CNCC1CCc2nc(-c3ncc(Cl)cc3Cl)ncc2C1. The monoisotopic (exact) mass is 322 g/mol. The first-order valence-corrected chi connectivity index (χ1v) is 7.73. The quantitative estimate of drug-likeness (QED) is 0.943. The van der Waals surface area contributed by atoms with Crippen molar-refractivity contribution in [2.75, 3.05) is 13.6 Å². The van der Waals surface area contributed by atoms with Crippen LogP contribution >= 0.6 is 23.2 Å². The molecule has 0 aliphatic heterocycles. The topological polar surface area (TPSA) is 50.7 Å². The number of aromatic nitrogens is 3. The highest BCUT2D eigenvalue weighted by molar-refractivity contribution is 6.35. The number of aryl methyl sites for hydroxylation is 1. The Morgan fingerprint density at radius 2 is 2.14 bits per heavy atom. The Morgan fingerprint density at radius 1 is 1.29 bits per heavy atom. The molecule has 2 heterocycles. The second kappa shape index (κ2) is 6.26. The molecule has 1 N–H and O–H groups in total. The van der Waals surface area contributed by atoms with Crippen molar-refractivity contribution in [3.8, 4) is 11.5 Å². The molecule has 0 fully saturated rings. The third-order valence-electron chi connectivity index (χ3n) is 3.76. The largest absolute Gasteiger partial charge is 0.319 e. The molecule has 3 rings (SSSR count). The molecule has 1 unspecified atom stereocenters. The van der Waals surface area contributed by atoms with Crippen LogP contribution in [0.5, 0.6) is 0 Å². The van der Waals surface area contributed by atoms with E-state index in [9.17, 15) is 0 Å². The van der Waals surface area contributed by atoms with Gasteiger partial charge < -0.3 is 5.32 Å². The van der Waals surface area contributed by atoms with Crippen LogP contribution in [-0.2, 0) is 12.8 Å². The van der Waals surface area contributed by atoms with Crippen molar-refractivity contribution >= 4 is 23.2 Å². The van der Waals surface area contributed by atoms with Crippen molar-refractivity contribution in [1.29, 1.82) is 0 Å². The first-order valence-electron chi connectivity index (χ1n) is 6.98. The fourth-order valence-corrected chi connectivity index (χ4v) is 3.20. The summed E-state index contributed by atoms with van der Waals surface area (Å²) in [5, 5.41) is 4.23. The summed E-state index contributed by atoms with van der Waals surface area (Å²) in [6, 6.07) is 1.66. The fourth-order valence-electron chi connectivity index (χ4n) is 2.74. The fraction of sp³-hybridized carbons (Fsp3) is 0.400. The van der Waals surface area contributed by atoms with Crippen LogP contribution < -0.4 is 5.32 Å². The van der Waals surface area contributed by atoms with Gasteiger partial charge in [-0.1, -0.05) is 23.2 Å². The van der Waals surface area contributed by atoms with Gasteiger partial charge in [0.05, 0.1) is 10.0 Å². The lowest BCUT2D eigenvalue weighted by Crippen LogP contribution is -2.25. The highest BCUT2D eigenvalue weighted by Gasteiger charge is 2.21. The van der Waals surface area contributed by atoms with E-state index in [1.54, 1.807) is 12.3 Å². The molecule has 1 atom stereocenters. The van der Waals surface area contributed by atoms with Crippen LogP contribution in [0.2, 0.25) is 10.0 Å². The Balaban J connectivity index is 1.90. The van der Waals surface area contributed by atoms with Crippen LogP contribution in [-0.4, -0.2) is 28.5 Å². The van der Waals surface area contributed by atoms with Gasteiger partial charge in [0.2, 0.25) is 0 Å². The summed E-state index contributed by atoms with van der Waals surface area (Å²) in [6.07, 6.45) is 6.62. The Hall–Kier alpha value is -1.23. The van der Waals surface area contributed by atoms with Gasteiger partial charge >= 0.3 is 0 Å². The molecular formula is C15H16Cl2N4. The van der Waals surface area contributed by atoms with Crippen LogP contribution in [0.1, 0.15) is 17.7 Å². The molecule has 2 aromatic rings. The molecule has 2 aromatic heterocycles. The average molecular weight is 323 g/mol. The summed E-state index contributed by atoms with van der Waals surface area (Å²) in [4.78, 5) is 13.3. The molecule has 0 radical (unpaired) electrons. The van der Waals surface area contributed by atoms with Crippen molar-refractivity contribution in [3.05, 3.63) is 39.8 Å². The zero-order chi connectivity index (χ0) is 14.8. The van der Waals surface area contributed by atoms with Crippen LogP contribution in [0.4, 0.5) is 0 Å². The first-order chi connectivity index (χ1) is 10.2. The molecule has 1 aliphatic carbocycles. The highest BCUT2D eigenvalue weighted by atomic mass is 35.5. The average Bonchev–Trinajstić information content (AvgIpc) is 2.47. The van der Waals surface area contributed by atoms with E-state index in [-0.39, 0.29) is 0 Å². The van der Waals surface area contributed by atoms with E-state index in [2.05, 4.69) is 20.3 Å². The third kappa shape index (κ3) is 3.18. The maximum absolute atomic E-state index is 6.18. The molecule has 0 amide bonds. The number of rotatable bonds is 3. The summed E-state index contributed by atoms with van der Waals surface area (Å²) in [5.41, 5.74) is 2.93. The van der Waals surface area contributed by atoms with E-state index >= 15 is 0 Å². The second-order valence-electron chi connectivity index (χ2n) is 5.32. The second-order valence-corrected chi connectivity index (χ2v) is 6.16. The number of halogens is 2. The molecule has 1 aliphatic rings. The Bertz CT molecular complexity index is 660. The van der Waals surface area contributed by atoms with Crippen molar-refractivity contribution in [1.82, 2.24) is 20.3 Å². The van der Waals surface area contributed by atoms with E-state index in [0.29, 0.717) is 27.5 Å². The van der Waals surface area contributed by atoms with Gasteiger partial charge in [-0.25, -0.2) is 15.0 Å². The zero-order valence-electron chi connectivity index (χ0n) is 11.7. The van der Waals surface area contributed by atoms with Crippen LogP contribution in [0.3, 0.4) is 0 Å². The number of fused-ring (bicyclic) bond motifs is 1. The minimum absolute atomic E-state index is 0.478. The highest BCUT2D eigenvalue weighted by Crippen LogP contribution is 2.28. The predicted molar refractivity (Wildman–Crippen MR) is 84.7 cm³/mol. The first kappa shape index (κ1) is 14.7. The lowest BCUT2D eigenvalue weighted by molar-refractivity contribution is 0.434. The number of nitrogens with one attached hydrogen (secondary N) is 1. The van der Waals surface area contributed by atoms with E-state index < -0.39 is 0 Å². The van der Waals surface area contributed by atoms with Crippen molar-refractivity contribution in [2.24, 2.45) is 5.92 Å². The number of hydrogen-bond acceptors (Lipinski definition) is 4. The Kier molecular flexibility index (Phi) is 4.38. The maximum Gasteiger partial charge on any atom is 0.179 e. The molecular weight excluding hydrogens is 307 g/mol. The van der Waals surface area contributed by atoms with Gasteiger partial charge in [-0.3, -0.25) is 0 Å². The van der Waals surface area contributed by atoms with Crippen molar-refractivity contribution < 1.29 is 0 Å². The summed E-state index contributed by atoms with van der Waals surface area (Å²) in [7, 11) is 1.99. The smallest absolute Gasteiger partial charge is 0.179 e. The lowest BCUT2D eigenvalue weighted by atomic mass is 9.87. The van der Waals surface area contributed by atoms with Crippen LogP contribution in [0.15, 0.2) is 18.5 Å². The van der Waals surface area contributed by atoms with Gasteiger partial charge in [0, 0.05) is 18.1 Å². The van der Waals surface area contributed by atoms with E-state index in [0.717, 1.165) is 31.5 Å². The summed E-state index contributed by atoms with van der Waals surface area (Å²) in [6.45, 7) is 1.03. The summed E-state index contributed by atoms with van der Waals surface area (Å²) >= 11 is 12.0. The van der Waals surface area contributed by atoms with Gasteiger partial charge in [-0.05, 0) is 50.4 Å². The van der Waals surface area contributed by atoms with Gasteiger partial charge in [0.1, 0.15) is 5.69 Å². The number of pyridine rings is 1. The summed E-state index contributed by atoms with van der Waals surface area (Å²) in [5.74, 6) is 1.23. The van der Waals surface area contributed by atoms with Crippen LogP contribution in [0.25, 0.3) is 11.5 Å². The predicted octanol–water partition coefficient (Wildman–Crippen LogP) is 3.17. The zero-order valence-corrected chi connectivity index (χ0v) is 13.2. The van der Waals surface area contributed by atoms with Gasteiger partial charge in [0.25, 0.3) is 0 Å². The third-order valence-corrected chi connectivity index (χ3v) is 4.26. The van der Waals surface area contributed by atoms with Gasteiger partial charge in [-0.15, -0.1) is 0 Å². The van der Waals surface area contributed by atoms with Gasteiger partial charge in [-0.2, -0.15) is 0 Å². The van der Waals surface area contributed by atoms with E-state index in [4.69, 9.17) is 23.2 Å². The molecule has 4 nitrogen and oxygen atoms in total. The Labute approximate surface area is 133 Å². The van der Waals surface area contributed by atoms with Gasteiger partial charge in [0.15, 0.2) is 5.82 Å². The maximum atomic E-state index is 6.18. The van der Waals surface area contributed by atoms with Crippen LogP contribution in [0, 0.1) is 5.92 Å². The van der Waals surface area contributed by atoms with Crippen molar-refractivity contribution in [3.63, 3.8) is 0 Å². The molecule has 21 heavy (non-hydrogen) atoms. The molecule has 0 saturated carbocycles. The Morgan fingerprint density at radius 3 is 2.90 bits per heavy atom. The summed E-state index contributed by atoms with van der Waals surface area (Å²) < 4.78 is 0. The normalized spacial score (nSPS) is 17.6. The molecule has 0 bridgehead atoms. The van der Waals surface area contributed by atoms with E-state index in [1.165, 1.54) is 5.56 Å².